The number of ether oxygens (including phenoxy) is 1. The van der Waals surface area contributed by atoms with Crippen LogP contribution in [0.15, 0.2) is 22.7 Å². The van der Waals surface area contributed by atoms with Gasteiger partial charge in [-0.15, -0.1) is 0 Å². The maximum atomic E-state index is 5.47. The number of likely N-dealkylation sites (N-methyl/N-ethyl adjacent to an activating group) is 1. The van der Waals surface area contributed by atoms with Gasteiger partial charge >= 0.3 is 0 Å². The van der Waals surface area contributed by atoms with Gasteiger partial charge in [0.2, 0.25) is 0 Å². The average Bonchev–Trinajstić information content (AvgIpc) is 2.49. The summed E-state index contributed by atoms with van der Waals surface area (Å²) in [5.74, 6) is 0.987. The number of benzene rings is 1. The molecule has 0 saturated carbocycles. The smallest absolute Gasteiger partial charge is 0.122 e. The lowest BCUT2D eigenvalue weighted by molar-refractivity contribution is 0.403. The van der Waals surface area contributed by atoms with Crippen molar-refractivity contribution in [2.75, 3.05) is 14.2 Å². The van der Waals surface area contributed by atoms with Crippen LogP contribution in [0.4, 0.5) is 0 Å². The van der Waals surface area contributed by atoms with Gasteiger partial charge in [0.1, 0.15) is 5.75 Å². The van der Waals surface area contributed by atoms with Crippen molar-refractivity contribution in [3.8, 4) is 5.75 Å². The lowest BCUT2D eigenvalue weighted by Gasteiger charge is -2.18. The average molecular weight is 356 g/mol. The fourth-order valence-electron chi connectivity index (χ4n) is 2.69. The Morgan fingerprint density at radius 3 is 2.52 bits per heavy atom. The van der Waals surface area contributed by atoms with Gasteiger partial charge in [-0.2, -0.15) is 0 Å². The van der Waals surface area contributed by atoms with E-state index in [0.29, 0.717) is 6.04 Å². The molecule has 1 aromatic rings. The first-order valence-electron chi connectivity index (χ1n) is 8.21. The number of nitrogens with one attached hydrogen (secondary N) is 1. The molecule has 1 N–H and O–H groups in total. The first-order valence-corrected chi connectivity index (χ1v) is 9.00. The van der Waals surface area contributed by atoms with Gasteiger partial charge in [0.05, 0.1) is 7.11 Å². The highest BCUT2D eigenvalue weighted by atomic mass is 79.9. The maximum absolute atomic E-state index is 5.47. The van der Waals surface area contributed by atoms with Crippen molar-refractivity contribution >= 4 is 15.9 Å². The summed E-state index contributed by atoms with van der Waals surface area (Å²) in [6.07, 6.45) is 10.4. The number of unbranched alkanes of at least 4 members (excludes halogenated alkanes) is 5. The second-order valence-corrected chi connectivity index (χ2v) is 6.62. The van der Waals surface area contributed by atoms with Crippen molar-refractivity contribution in [1.82, 2.24) is 5.32 Å². The second kappa shape index (κ2) is 11.1. The predicted molar refractivity (Wildman–Crippen MR) is 95.2 cm³/mol. The van der Waals surface area contributed by atoms with Crippen LogP contribution >= 0.6 is 15.9 Å². The Kier molecular flexibility index (Phi) is 9.77. The molecule has 1 aromatic carbocycles. The summed E-state index contributed by atoms with van der Waals surface area (Å²) in [7, 11) is 3.81. The molecular formula is C18H30BrNO. The molecule has 0 fully saturated rings. The van der Waals surface area contributed by atoms with Crippen LogP contribution in [0.2, 0.25) is 0 Å². The summed E-state index contributed by atoms with van der Waals surface area (Å²) in [4.78, 5) is 0. The van der Waals surface area contributed by atoms with E-state index in [-0.39, 0.29) is 0 Å². The zero-order valence-corrected chi connectivity index (χ0v) is 15.3. The van der Waals surface area contributed by atoms with Crippen molar-refractivity contribution in [3.05, 3.63) is 28.2 Å². The Morgan fingerprint density at radius 2 is 1.86 bits per heavy atom. The molecule has 0 spiro atoms. The Balaban J connectivity index is 2.41. The Hall–Kier alpha value is -0.540. The largest absolute Gasteiger partial charge is 0.496 e. The van der Waals surface area contributed by atoms with E-state index in [9.17, 15) is 0 Å². The van der Waals surface area contributed by atoms with Crippen LogP contribution in [0.25, 0.3) is 0 Å². The SMILES string of the molecule is CCCCCCCCC(Cc1cc(Br)ccc1OC)NC. The molecule has 0 heterocycles. The minimum Gasteiger partial charge on any atom is -0.496 e. The molecular weight excluding hydrogens is 326 g/mol. The van der Waals surface area contributed by atoms with E-state index in [0.717, 1.165) is 16.6 Å². The van der Waals surface area contributed by atoms with Gasteiger partial charge in [0.15, 0.2) is 0 Å². The first kappa shape index (κ1) is 18.5. The third-order valence-electron chi connectivity index (χ3n) is 4.02. The fourth-order valence-corrected chi connectivity index (χ4v) is 3.10. The van der Waals surface area contributed by atoms with E-state index in [1.165, 1.54) is 50.5 Å². The van der Waals surface area contributed by atoms with Crippen molar-refractivity contribution in [2.45, 2.75) is 64.3 Å². The van der Waals surface area contributed by atoms with E-state index < -0.39 is 0 Å². The van der Waals surface area contributed by atoms with Gasteiger partial charge in [-0.05, 0) is 43.7 Å². The number of hydrogen-bond acceptors (Lipinski definition) is 2. The lowest BCUT2D eigenvalue weighted by Crippen LogP contribution is -2.27. The zero-order chi connectivity index (χ0) is 15.5. The molecule has 1 unspecified atom stereocenters. The minimum absolute atomic E-state index is 0.527. The quantitative estimate of drug-likeness (QED) is 0.541. The predicted octanol–water partition coefficient (Wildman–Crippen LogP) is 5.34. The maximum Gasteiger partial charge on any atom is 0.122 e. The molecule has 0 aliphatic heterocycles. The number of halogens is 1. The van der Waals surface area contributed by atoms with Crippen LogP contribution in [-0.2, 0) is 6.42 Å². The summed E-state index contributed by atoms with van der Waals surface area (Å²) in [5, 5.41) is 3.45. The second-order valence-electron chi connectivity index (χ2n) is 5.70. The third kappa shape index (κ3) is 7.32. The van der Waals surface area contributed by atoms with E-state index in [1.54, 1.807) is 7.11 Å². The minimum atomic E-state index is 0.527. The van der Waals surface area contributed by atoms with Crippen LogP contribution < -0.4 is 10.1 Å². The zero-order valence-electron chi connectivity index (χ0n) is 13.8. The summed E-state index contributed by atoms with van der Waals surface area (Å²) in [6.45, 7) is 2.27. The summed E-state index contributed by atoms with van der Waals surface area (Å²) in [6, 6.07) is 6.77. The molecule has 0 aliphatic carbocycles. The van der Waals surface area contributed by atoms with Crippen LogP contribution in [-0.4, -0.2) is 20.2 Å². The normalized spacial score (nSPS) is 12.4. The number of hydrogen-bond donors (Lipinski definition) is 1. The molecule has 0 saturated heterocycles. The molecule has 2 nitrogen and oxygen atoms in total. The number of methoxy groups -OCH3 is 1. The van der Waals surface area contributed by atoms with Crippen LogP contribution in [0, 0.1) is 0 Å². The van der Waals surface area contributed by atoms with Crippen molar-refractivity contribution in [2.24, 2.45) is 0 Å². The molecule has 0 aliphatic rings. The van der Waals surface area contributed by atoms with Gasteiger partial charge < -0.3 is 10.1 Å². The van der Waals surface area contributed by atoms with E-state index >= 15 is 0 Å². The highest BCUT2D eigenvalue weighted by Gasteiger charge is 2.11. The van der Waals surface area contributed by atoms with Gasteiger partial charge in [-0.25, -0.2) is 0 Å². The fraction of sp³-hybridized carbons (Fsp3) is 0.667. The molecule has 0 radical (unpaired) electrons. The van der Waals surface area contributed by atoms with Crippen LogP contribution in [0.3, 0.4) is 0 Å². The summed E-state index contributed by atoms with van der Waals surface area (Å²) < 4.78 is 6.59. The van der Waals surface area contributed by atoms with Crippen molar-refractivity contribution in [3.63, 3.8) is 0 Å². The summed E-state index contributed by atoms with van der Waals surface area (Å²) >= 11 is 3.55. The molecule has 21 heavy (non-hydrogen) atoms. The van der Waals surface area contributed by atoms with Crippen molar-refractivity contribution < 1.29 is 4.74 Å². The molecule has 1 rings (SSSR count). The van der Waals surface area contributed by atoms with E-state index in [2.05, 4.69) is 41.3 Å². The molecule has 0 bridgehead atoms. The van der Waals surface area contributed by atoms with Gasteiger partial charge in [0, 0.05) is 10.5 Å². The monoisotopic (exact) mass is 355 g/mol. The first-order chi connectivity index (χ1) is 10.2. The Bertz CT molecular complexity index is 395. The molecule has 1 atom stereocenters. The molecule has 120 valence electrons. The summed E-state index contributed by atoms with van der Waals surface area (Å²) in [5.41, 5.74) is 1.28. The van der Waals surface area contributed by atoms with E-state index in [4.69, 9.17) is 4.74 Å². The molecule has 3 heteroatoms. The van der Waals surface area contributed by atoms with E-state index in [1.807, 2.05) is 12.1 Å². The van der Waals surface area contributed by atoms with Crippen LogP contribution in [0.1, 0.15) is 57.4 Å². The Labute approximate surface area is 138 Å². The molecule has 0 aromatic heterocycles. The Morgan fingerprint density at radius 1 is 1.14 bits per heavy atom. The lowest BCUT2D eigenvalue weighted by atomic mass is 9.99. The van der Waals surface area contributed by atoms with Gasteiger partial charge in [0.25, 0.3) is 0 Å². The van der Waals surface area contributed by atoms with Crippen LogP contribution in [0.5, 0.6) is 5.75 Å². The number of rotatable bonds is 11. The van der Waals surface area contributed by atoms with Gasteiger partial charge in [-0.3, -0.25) is 0 Å². The highest BCUT2D eigenvalue weighted by Crippen LogP contribution is 2.25. The highest BCUT2D eigenvalue weighted by molar-refractivity contribution is 9.10. The third-order valence-corrected chi connectivity index (χ3v) is 4.52. The standard InChI is InChI=1S/C18H30BrNO/c1-4-5-6-7-8-9-10-17(20-2)14-15-13-16(19)11-12-18(15)21-3/h11-13,17,20H,4-10,14H2,1-3H3. The van der Waals surface area contributed by atoms with Crippen molar-refractivity contribution in [1.29, 1.82) is 0 Å². The molecule has 0 amide bonds. The topological polar surface area (TPSA) is 21.3 Å². The van der Waals surface area contributed by atoms with Gasteiger partial charge in [-0.1, -0.05) is 61.4 Å².